The van der Waals surface area contributed by atoms with Crippen molar-refractivity contribution < 1.29 is 36.4 Å². The molecule has 0 amide bonds. The fraction of sp³-hybridized carbons (Fsp3) is 0.458. The Morgan fingerprint density at radius 3 is 2.67 bits per heavy atom. The summed E-state index contributed by atoms with van der Waals surface area (Å²) in [4.78, 5) is 21.0. The number of pyridine rings is 1. The van der Waals surface area contributed by atoms with Gasteiger partial charge in [0.05, 0.1) is 33.3 Å². The molecule has 194 valence electrons. The van der Waals surface area contributed by atoms with Crippen LogP contribution >= 0.6 is 0 Å². The Labute approximate surface area is 208 Å². The molecule has 2 aromatic heterocycles. The molecule has 3 aromatic rings. The second-order valence-corrected chi connectivity index (χ2v) is 9.86. The van der Waals surface area contributed by atoms with Crippen LogP contribution in [-0.4, -0.2) is 43.8 Å². The lowest BCUT2D eigenvalue weighted by atomic mass is 10.2. The summed E-state index contributed by atoms with van der Waals surface area (Å²) < 4.78 is 68.5. The first kappa shape index (κ1) is 25.9. The highest BCUT2D eigenvalue weighted by Gasteiger charge is 2.29. The lowest BCUT2D eigenvalue weighted by molar-refractivity contribution is -0.153. The minimum absolute atomic E-state index is 0.00851. The maximum Gasteiger partial charge on any atom is 0.510 e. The normalized spacial score (nSPS) is 16.1. The Morgan fingerprint density at radius 1 is 1.22 bits per heavy atom. The van der Waals surface area contributed by atoms with E-state index >= 15 is 0 Å². The van der Waals surface area contributed by atoms with Crippen LogP contribution in [-0.2, 0) is 26.0 Å². The average molecular weight is 526 g/mol. The first-order valence-corrected chi connectivity index (χ1v) is 12.8. The topological polar surface area (TPSA) is 92.5 Å². The van der Waals surface area contributed by atoms with E-state index in [0.717, 1.165) is 25.7 Å². The number of hydrogen-bond donors (Lipinski definition) is 0. The molecule has 12 heteroatoms. The summed E-state index contributed by atoms with van der Waals surface area (Å²) in [5, 5.41) is 0.139. The number of imidazole rings is 1. The van der Waals surface area contributed by atoms with Gasteiger partial charge in [0, 0.05) is 11.8 Å². The van der Waals surface area contributed by atoms with Gasteiger partial charge in [0.25, 0.3) is 0 Å². The zero-order valence-corrected chi connectivity index (χ0v) is 20.6. The van der Waals surface area contributed by atoms with Gasteiger partial charge in [-0.05, 0) is 57.7 Å². The summed E-state index contributed by atoms with van der Waals surface area (Å²) in [7, 11) is -1.78. The number of nitrogens with zero attached hydrogens (tertiary/aromatic N) is 3. The van der Waals surface area contributed by atoms with Gasteiger partial charge in [-0.3, -0.25) is 13.8 Å². The molecule has 0 spiro atoms. The SMILES string of the molecule is Cc1c(OCC(F)(F)F)ccnc1CS(=O)c1nc2ccccc2n1C(C)OC(=O)OC1CCCC1. The van der Waals surface area contributed by atoms with E-state index in [0.29, 0.717) is 22.3 Å². The first-order valence-electron chi connectivity index (χ1n) is 11.5. The number of carbonyl (C=O) groups excluding carboxylic acids is 1. The summed E-state index contributed by atoms with van der Waals surface area (Å²) >= 11 is 0. The fourth-order valence-corrected chi connectivity index (χ4v) is 5.44. The predicted molar refractivity (Wildman–Crippen MR) is 125 cm³/mol. The second kappa shape index (κ2) is 10.9. The van der Waals surface area contributed by atoms with Crippen LogP contribution in [0.25, 0.3) is 11.0 Å². The Bertz CT molecular complexity index is 1260. The third-order valence-corrected chi connectivity index (χ3v) is 7.11. The van der Waals surface area contributed by atoms with Gasteiger partial charge in [0.2, 0.25) is 5.16 Å². The monoisotopic (exact) mass is 525 g/mol. The maximum absolute atomic E-state index is 13.4. The Morgan fingerprint density at radius 2 is 1.94 bits per heavy atom. The lowest BCUT2D eigenvalue weighted by Crippen LogP contribution is -2.21. The van der Waals surface area contributed by atoms with Gasteiger partial charge in [0.1, 0.15) is 11.9 Å². The van der Waals surface area contributed by atoms with Gasteiger partial charge in [-0.15, -0.1) is 0 Å². The molecule has 1 fully saturated rings. The van der Waals surface area contributed by atoms with Crippen molar-refractivity contribution in [2.45, 2.75) is 68.9 Å². The number of hydrogen-bond acceptors (Lipinski definition) is 7. The molecule has 2 unspecified atom stereocenters. The molecule has 36 heavy (non-hydrogen) atoms. The highest BCUT2D eigenvalue weighted by atomic mass is 32.2. The third-order valence-electron chi connectivity index (χ3n) is 5.88. The molecule has 2 heterocycles. The van der Waals surface area contributed by atoms with Crippen molar-refractivity contribution in [2.24, 2.45) is 0 Å². The number of aromatic nitrogens is 3. The number of fused-ring (bicyclic) bond motifs is 1. The first-order chi connectivity index (χ1) is 17.1. The number of para-hydroxylation sites is 2. The standard InChI is InChI=1S/C24H26F3N3O5S/c1-15-19(28-12-11-21(15)33-14-24(25,26)27)13-36(32)22-29-18-9-5-6-10-20(18)30(22)16(2)34-23(31)35-17-7-3-4-8-17/h5-6,9-12,16-17H,3-4,7-8,13-14H2,1-2H3. The maximum atomic E-state index is 13.4. The summed E-state index contributed by atoms with van der Waals surface area (Å²) in [5.41, 5.74) is 1.81. The molecule has 1 aliphatic carbocycles. The molecule has 4 rings (SSSR count). The van der Waals surface area contributed by atoms with Crippen molar-refractivity contribution in [3.05, 3.63) is 47.8 Å². The van der Waals surface area contributed by atoms with Crippen LogP contribution in [0.15, 0.2) is 41.7 Å². The minimum Gasteiger partial charge on any atom is -0.484 e. The Hall–Kier alpha value is -3.15. The number of halogens is 3. The van der Waals surface area contributed by atoms with Crippen LogP contribution in [0.1, 0.15) is 50.1 Å². The van der Waals surface area contributed by atoms with Crippen molar-refractivity contribution >= 4 is 28.0 Å². The summed E-state index contributed by atoms with van der Waals surface area (Å²) in [6.07, 6.45) is -1.44. The number of alkyl halides is 3. The van der Waals surface area contributed by atoms with Gasteiger partial charge < -0.3 is 14.2 Å². The largest absolute Gasteiger partial charge is 0.510 e. The lowest BCUT2D eigenvalue weighted by Gasteiger charge is -2.19. The molecule has 0 N–H and O–H groups in total. The smallest absolute Gasteiger partial charge is 0.484 e. The van der Waals surface area contributed by atoms with Crippen molar-refractivity contribution in [3.8, 4) is 5.75 Å². The van der Waals surface area contributed by atoms with Gasteiger partial charge in [-0.25, -0.2) is 9.78 Å². The molecular weight excluding hydrogens is 499 g/mol. The molecule has 8 nitrogen and oxygen atoms in total. The van der Waals surface area contributed by atoms with E-state index in [1.165, 1.54) is 12.3 Å². The fourth-order valence-electron chi connectivity index (χ4n) is 4.11. The van der Waals surface area contributed by atoms with Crippen molar-refractivity contribution in [3.63, 3.8) is 0 Å². The Kier molecular flexibility index (Phi) is 7.82. The number of carbonyl (C=O) groups is 1. The van der Waals surface area contributed by atoms with Crippen molar-refractivity contribution in [2.75, 3.05) is 6.61 Å². The molecule has 1 saturated carbocycles. The Balaban J connectivity index is 1.57. The van der Waals surface area contributed by atoms with Gasteiger partial charge in [-0.2, -0.15) is 13.2 Å². The van der Waals surface area contributed by atoms with Crippen LogP contribution in [0.5, 0.6) is 5.75 Å². The highest BCUT2D eigenvalue weighted by molar-refractivity contribution is 7.84. The van der Waals surface area contributed by atoms with Crippen LogP contribution in [0, 0.1) is 6.92 Å². The molecule has 1 aliphatic rings. The molecule has 0 bridgehead atoms. The average Bonchev–Trinajstić information content (AvgIpc) is 3.46. The van der Waals surface area contributed by atoms with Gasteiger partial charge in [-0.1, -0.05) is 12.1 Å². The highest BCUT2D eigenvalue weighted by Crippen LogP contribution is 2.29. The van der Waals surface area contributed by atoms with Crippen LogP contribution in [0.4, 0.5) is 18.0 Å². The molecular formula is C24H26F3N3O5S. The predicted octanol–water partition coefficient (Wildman–Crippen LogP) is 5.60. The zero-order chi connectivity index (χ0) is 25.9. The number of benzene rings is 1. The van der Waals surface area contributed by atoms with E-state index in [1.807, 2.05) is 0 Å². The van der Waals surface area contributed by atoms with E-state index < -0.39 is 36.0 Å². The minimum atomic E-state index is -4.49. The van der Waals surface area contributed by atoms with E-state index in [-0.39, 0.29) is 22.8 Å². The van der Waals surface area contributed by atoms with E-state index in [1.54, 1.807) is 42.7 Å². The van der Waals surface area contributed by atoms with Crippen LogP contribution < -0.4 is 4.74 Å². The zero-order valence-electron chi connectivity index (χ0n) is 19.8. The van der Waals surface area contributed by atoms with E-state index in [9.17, 15) is 22.2 Å². The second-order valence-electron chi connectivity index (χ2n) is 8.52. The summed E-state index contributed by atoms with van der Waals surface area (Å²) in [6.45, 7) is 1.74. The quantitative estimate of drug-likeness (QED) is 0.353. The van der Waals surface area contributed by atoms with Gasteiger partial charge >= 0.3 is 12.3 Å². The number of rotatable bonds is 8. The summed E-state index contributed by atoms with van der Waals surface area (Å²) in [6, 6.07) is 8.39. The number of ether oxygens (including phenoxy) is 3. The molecule has 1 aromatic carbocycles. The molecule has 2 atom stereocenters. The van der Waals surface area contributed by atoms with E-state index in [2.05, 4.69) is 9.97 Å². The van der Waals surface area contributed by atoms with Crippen molar-refractivity contribution in [1.29, 1.82) is 0 Å². The molecule has 0 radical (unpaired) electrons. The van der Waals surface area contributed by atoms with E-state index in [4.69, 9.17) is 14.2 Å². The van der Waals surface area contributed by atoms with Gasteiger partial charge in [0.15, 0.2) is 12.8 Å². The third kappa shape index (κ3) is 6.15. The molecule has 0 saturated heterocycles. The van der Waals surface area contributed by atoms with Crippen LogP contribution in [0.2, 0.25) is 0 Å². The van der Waals surface area contributed by atoms with Crippen LogP contribution in [0.3, 0.4) is 0 Å². The summed E-state index contributed by atoms with van der Waals surface area (Å²) in [5.74, 6) is -0.119. The van der Waals surface area contributed by atoms with Crippen molar-refractivity contribution in [1.82, 2.24) is 14.5 Å². The molecule has 0 aliphatic heterocycles.